The van der Waals surface area contributed by atoms with Crippen LogP contribution in [-0.2, 0) is 24.3 Å². The number of hydrogen-bond acceptors (Lipinski definition) is 4. The first-order valence-electron chi connectivity index (χ1n) is 13.2. The predicted molar refractivity (Wildman–Crippen MR) is 154 cm³/mol. The van der Waals surface area contributed by atoms with Gasteiger partial charge in [0.15, 0.2) is 5.75 Å². The molecule has 0 aliphatic carbocycles. The van der Waals surface area contributed by atoms with E-state index in [0.29, 0.717) is 22.6 Å². The number of carbonyl (C=O) groups is 2. The molecule has 5 nitrogen and oxygen atoms in total. The van der Waals surface area contributed by atoms with Gasteiger partial charge in [-0.15, -0.1) is 0 Å². The van der Waals surface area contributed by atoms with E-state index in [4.69, 9.17) is 9.78 Å². The van der Waals surface area contributed by atoms with E-state index in [1.807, 2.05) is 84.9 Å². The third-order valence-electron chi connectivity index (χ3n) is 6.95. The minimum absolute atomic E-state index is 0.134. The summed E-state index contributed by atoms with van der Waals surface area (Å²) in [4.78, 5) is 38.5. The van der Waals surface area contributed by atoms with Crippen molar-refractivity contribution in [3.63, 3.8) is 0 Å². The van der Waals surface area contributed by atoms with E-state index < -0.39 is 0 Å². The second kappa shape index (κ2) is 11.4. The number of anilines is 1. The van der Waals surface area contributed by atoms with Crippen LogP contribution < -0.4 is 9.79 Å². The lowest BCUT2D eigenvalue weighted by atomic mass is 10.0. The molecule has 0 N–H and O–H groups in total. The third kappa shape index (κ3) is 5.55. The monoisotopic (exact) mass is 525 g/mol. The molecule has 0 radical (unpaired) electrons. The van der Waals surface area contributed by atoms with E-state index in [9.17, 15) is 9.59 Å². The quantitative estimate of drug-likeness (QED) is 0.116. The molecule has 0 spiro atoms. The van der Waals surface area contributed by atoms with Gasteiger partial charge in [0.25, 0.3) is 11.8 Å². The number of imide groups is 1. The molecule has 5 heteroatoms. The summed E-state index contributed by atoms with van der Waals surface area (Å²) in [6.07, 6.45) is 1.63. The zero-order valence-corrected chi connectivity index (χ0v) is 21.8. The Kier molecular flexibility index (Phi) is 7.20. The van der Waals surface area contributed by atoms with Crippen molar-refractivity contribution < 1.29 is 19.4 Å². The Bertz CT molecular complexity index is 1630. The summed E-state index contributed by atoms with van der Waals surface area (Å²) >= 11 is 0. The van der Waals surface area contributed by atoms with Crippen LogP contribution >= 0.6 is 0 Å². The lowest BCUT2D eigenvalue weighted by Gasteiger charge is -2.14. The number of benzene rings is 5. The van der Waals surface area contributed by atoms with Gasteiger partial charge in [0, 0.05) is 0 Å². The summed E-state index contributed by atoms with van der Waals surface area (Å²) in [5.74, 6) is -0.0752. The Labute approximate surface area is 233 Å². The zero-order chi connectivity index (χ0) is 27.3. The van der Waals surface area contributed by atoms with E-state index in [2.05, 4.69) is 24.3 Å². The van der Waals surface area contributed by atoms with Crippen LogP contribution in [0.2, 0.25) is 0 Å². The van der Waals surface area contributed by atoms with Gasteiger partial charge in [0.1, 0.15) is 6.61 Å². The molecule has 0 fully saturated rings. The van der Waals surface area contributed by atoms with Gasteiger partial charge in [-0.3, -0.25) is 9.59 Å². The van der Waals surface area contributed by atoms with Crippen LogP contribution in [0.5, 0.6) is 5.75 Å². The van der Waals surface area contributed by atoms with Crippen LogP contribution in [0.1, 0.15) is 48.5 Å². The van der Waals surface area contributed by atoms with Crippen LogP contribution in [0.15, 0.2) is 127 Å². The Morgan fingerprint density at radius 2 is 1.00 bits per heavy atom. The highest BCUT2D eigenvalue weighted by Gasteiger charge is 2.36. The zero-order valence-electron chi connectivity index (χ0n) is 21.8. The highest BCUT2D eigenvalue weighted by atomic mass is 17.2. The first kappa shape index (κ1) is 25.3. The third-order valence-corrected chi connectivity index (χ3v) is 6.95. The fraction of sp³-hybridized carbons (Fsp3) is 0.0857. The van der Waals surface area contributed by atoms with E-state index >= 15 is 0 Å². The van der Waals surface area contributed by atoms with Crippen LogP contribution in [0.3, 0.4) is 0 Å². The molecule has 0 atom stereocenters. The molecule has 6 rings (SSSR count). The molecule has 0 saturated heterocycles. The molecule has 0 bridgehead atoms. The van der Waals surface area contributed by atoms with Crippen LogP contribution in [-0.4, -0.2) is 11.8 Å². The van der Waals surface area contributed by atoms with Gasteiger partial charge < -0.3 is 4.89 Å². The smallest absolute Gasteiger partial charge is 0.266 e. The molecule has 1 heterocycles. The van der Waals surface area contributed by atoms with Crippen LogP contribution in [0, 0.1) is 0 Å². The van der Waals surface area contributed by atoms with Gasteiger partial charge in [0.2, 0.25) is 0 Å². The summed E-state index contributed by atoms with van der Waals surface area (Å²) in [5, 5.41) is 0. The van der Waals surface area contributed by atoms with Gasteiger partial charge in [-0.1, -0.05) is 91.0 Å². The largest absolute Gasteiger partial charge is 0.337 e. The van der Waals surface area contributed by atoms with Crippen molar-refractivity contribution in [2.45, 2.75) is 19.4 Å². The van der Waals surface area contributed by atoms with E-state index in [-0.39, 0.29) is 18.4 Å². The Hall–Kier alpha value is -5.00. The first-order chi connectivity index (χ1) is 19.6. The number of rotatable bonds is 9. The fourth-order valence-corrected chi connectivity index (χ4v) is 4.87. The number of hydrogen-bond donors (Lipinski definition) is 0. The van der Waals surface area contributed by atoms with E-state index in [1.165, 1.54) is 21.6 Å². The van der Waals surface area contributed by atoms with Gasteiger partial charge in [-0.25, -0.2) is 4.90 Å². The molecule has 40 heavy (non-hydrogen) atoms. The maximum Gasteiger partial charge on any atom is 0.266 e. The molecule has 5 aromatic rings. The minimum Gasteiger partial charge on any atom is -0.337 e. The fourth-order valence-electron chi connectivity index (χ4n) is 4.87. The standard InChI is InChI=1S/C35H27NO4/c37-34-32-20-15-29(24-39-40-31-18-13-28(14-19-31)22-26-9-5-2-6-10-26)23-33(32)35(38)36(34)30-16-11-27(12-17-30)21-25-7-3-1-4-8-25/h1-20,23H,21-22,24H2. The van der Waals surface area contributed by atoms with E-state index in [0.717, 1.165) is 24.0 Å². The van der Waals surface area contributed by atoms with Gasteiger partial charge in [-0.05, 0) is 77.1 Å². The summed E-state index contributed by atoms with van der Waals surface area (Å²) in [5.41, 5.74) is 6.78. The summed E-state index contributed by atoms with van der Waals surface area (Å²) < 4.78 is 0. The molecule has 0 saturated carbocycles. The molecule has 5 aromatic carbocycles. The van der Waals surface area contributed by atoms with Crippen LogP contribution in [0.25, 0.3) is 0 Å². The maximum absolute atomic E-state index is 13.2. The lowest BCUT2D eigenvalue weighted by molar-refractivity contribution is -0.217. The second-order valence-corrected chi connectivity index (χ2v) is 9.81. The van der Waals surface area contributed by atoms with Crippen molar-refractivity contribution in [2.24, 2.45) is 0 Å². The molecule has 2 amide bonds. The van der Waals surface area contributed by atoms with Crippen molar-refractivity contribution in [3.05, 3.63) is 166 Å². The topological polar surface area (TPSA) is 55.8 Å². The van der Waals surface area contributed by atoms with Crippen LogP contribution in [0.4, 0.5) is 5.69 Å². The molecule has 1 aliphatic heterocycles. The van der Waals surface area contributed by atoms with Crippen molar-refractivity contribution >= 4 is 17.5 Å². The van der Waals surface area contributed by atoms with Crippen molar-refractivity contribution in [3.8, 4) is 5.75 Å². The number of nitrogens with zero attached hydrogens (tertiary/aromatic N) is 1. The SMILES string of the molecule is O=C1c2ccc(COOc3ccc(Cc4ccccc4)cc3)cc2C(=O)N1c1ccc(Cc2ccccc2)cc1. The Balaban J connectivity index is 1.07. The molecule has 1 aliphatic rings. The summed E-state index contributed by atoms with van der Waals surface area (Å²) in [7, 11) is 0. The lowest BCUT2D eigenvalue weighted by Crippen LogP contribution is -2.29. The van der Waals surface area contributed by atoms with Gasteiger partial charge in [-0.2, -0.15) is 4.89 Å². The number of amides is 2. The Morgan fingerprint density at radius 3 is 1.60 bits per heavy atom. The van der Waals surface area contributed by atoms with Crippen molar-refractivity contribution in [1.82, 2.24) is 0 Å². The number of fused-ring (bicyclic) bond motifs is 1. The van der Waals surface area contributed by atoms with Crippen molar-refractivity contribution in [2.75, 3.05) is 4.90 Å². The molecular weight excluding hydrogens is 498 g/mol. The molecule has 0 unspecified atom stereocenters. The summed E-state index contributed by atoms with van der Waals surface area (Å²) in [6, 6.07) is 40.9. The second-order valence-electron chi connectivity index (χ2n) is 9.81. The predicted octanol–water partition coefficient (Wildman–Crippen LogP) is 7.18. The minimum atomic E-state index is -0.340. The van der Waals surface area contributed by atoms with Gasteiger partial charge in [0.05, 0.1) is 16.8 Å². The highest BCUT2D eigenvalue weighted by molar-refractivity contribution is 6.34. The molecule has 196 valence electrons. The molecular formula is C35H27NO4. The summed E-state index contributed by atoms with van der Waals surface area (Å²) in [6.45, 7) is 0.134. The van der Waals surface area contributed by atoms with E-state index in [1.54, 1.807) is 18.2 Å². The average Bonchev–Trinajstić information content (AvgIpc) is 3.24. The maximum atomic E-state index is 13.2. The average molecular weight is 526 g/mol. The Morgan fingerprint density at radius 1 is 0.500 bits per heavy atom. The normalized spacial score (nSPS) is 12.4. The first-order valence-corrected chi connectivity index (χ1v) is 13.2. The highest BCUT2D eigenvalue weighted by Crippen LogP contribution is 2.30. The molecule has 0 aromatic heterocycles. The number of carbonyl (C=O) groups excluding carboxylic acids is 2. The van der Waals surface area contributed by atoms with Gasteiger partial charge >= 0.3 is 0 Å². The van der Waals surface area contributed by atoms with Crippen molar-refractivity contribution in [1.29, 1.82) is 0 Å².